The number of aromatic nitrogens is 3. The highest BCUT2D eigenvalue weighted by Crippen LogP contribution is 2.39. The monoisotopic (exact) mass is 623 g/mol. The number of quaternary nitrogens is 1. The Kier molecular flexibility index (Phi) is 9.67. The summed E-state index contributed by atoms with van der Waals surface area (Å²) in [6.45, 7) is 1.61. The Morgan fingerprint density at radius 2 is 1.84 bits per heavy atom. The highest BCUT2D eigenvalue weighted by molar-refractivity contribution is 7.73. The van der Waals surface area contributed by atoms with Crippen molar-refractivity contribution < 1.29 is 26.2 Å². The number of carbonyl (C=O) groups is 1. The van der Waals surface area contributed by atoms with Crippen molar-refractivity contribution >= 4 is 34.6 Å². The fourth-order valence-electron chi connectivity index (χ4n) is 4.81. The van der Waals surface area contributed by atoms with E-state index in [4.69, 9.17) is 0 Å². The Bertz CT molecular complexity index is 1620. The molecule has 0 aliphatic heterocycles. The SMILES string of the molecule is CC(Nc1nc(Nc2cc(C3CC3)[nH]n2)c(F)cc1CNC(=O)C[N@+](C)(CCc1ccccc1)S(=O)[O-])c1ccc(F)cc1. The third-order valence-electron chi connectivity index (χ3n) is 7.67. The molecule has 1 saturated carbocycles. The lowest BCUT2D eigenvalue weighted by Gasteiger charge is -2.34. The second kappa shape index (κ2) is 13.6. The number of H-pyrrole nitrogens is 1. The molecule has 44 heavy (non-hydrogen) atoms. The average molecular weight is 624 g/mol. The summed E-state index contributed by atoms with van der Waals surface area (Å²) in [4.78, 5) is 17.5. The van der Waals surface area contributed by atoms with Gasteiger partial charge in [0.25, 0.3) is 5.91 Å². The van der Waals surface area contributed by atoms with Crippen LogP contribution in [0.4, 0.5) is 26.2 Å². The van der Waals surface area contributed by atoms with E-state index in [1.807, 2.05) is 43.3 Å². The number of nitrogens with one attached hydrogen (secondary N) is 4. The van der Waals surface area contributed by atoms with E-state index in [2.05, 4.69) is 31.1 Å². The maximum atomic E-state index is 15.3. The van der Waals surface area contributed by atoms with Gasteiger partial charge in [0, 0.05) is 42.2 Å². The van der Waals surface area contributed by atoms with Crippen molar-refractivity contribution in [2.24, 2.45) is 0 Å². The molecule has 2 heterocycles. The molecule has 2 unspecified atom stereocenters. The Labute approximate surface area is 257 Å². The summed E-state index contributed by atoms with van der Waals surface area (Å²) in [5.41, 5.74) is 3.05. The molecule has 3 atom stereocenters. The fraction of sp³-hybridized carbons (Fsp3) is 0.323. The minimum atomic E-state index is -2.57. The predicted octanol–water partition coefficient (Wildman–Crippen LogP) is 4.98. The first-order valence-electron chi connectivity index (χ1n) is 14.4. The van der Waals surface area contributed by atoms with Crippen molar-refractivity contribution in [3.05, 3.63) is 101 Å². The molecule has 1 fully saturated rings. The molecule has 0 radical (unpaired) electrons. The summed E-state index contributed by atoms with van der Waals surface area (Å²) >= 11 is -2.57. The van der Waals surface area contributed by atoms with Crippen LogP contribution in [0.25, 0.3) is 0 Å². The van der Waals surface area contributed by atoms with Crippen LogP contribution in [0.15, 0.2) is 66.7 Å². The number of nitrogens with zero attached hydrogens (tertiary/aromatic N) is 3. The number of anilines is 3. The highest BCUT2D eigenvalue weighted by Gasteiger charge is 2.28. The van der Waals surface area contributed by atoms with Crippen LogP contribution in [0.5, 0.6) is 0 Å². The van der Waals surface area contributed by atoms with Crippen molar-refractivity contribution in [2.45, 2.75) is 44.7 Å². The van der Waals surface area contributed by atoms with Crippen molar-refractivity contribution in [1.29, 1.82) is 0 Å². The van der Waals surface area contributed by atoms with E-state index in [0.717, 1.165) is 29.7 Å². The lowest BCUT2D eigenvalue weighted by atomic mass is 10.1. The van der Waals surface area contributed by atoms with Crippen LogP contribution in [-0.4, -0.2) is 53.9 Å². The van der Waals surface area contributed by atoms with Crippen LogP contribution in [-0.2, 0) is 29.0 Å². The number of rotatable bonds is 14. The number of benzene rings is 2. The Morgan fingerprint density at radius 3 is 2.52 bits per heavy atom. The normalized spacial score (nSPS) is 15.7. The fourth-order valence-corrected chi connectivity index (χ4v) is 5.27. The van der Waals surface area contributed by atoms with E-state index in [0.29, 0.717) is 23.7 Å². The van der Waals surface area contributed by atoms with Crippen molar-refractivity contribution in [2.75, 3.05) is 30.8 Å². The topological polar surface area (TPSA) is 135 Å². The van der Waals surface area contributed by atoms with E-state index >= 15 is 4.39 Å². The van der Waals surface area contributed by atoms with Gasteiger partial charge in [0.1, 0.15) is 22.9 Å². The first-order chi connectivity index (χ1) is 21.1. The van der Waals surface area contributed by atoms with E-state index in [1.165, 1.54) is 25.2 Å². The van der Waals surface area contributed by atoms with Gasteiger partial charge in [-0.1, -0.05) is 42.5 Å². The summed E-state index contributed by atoms with van der Waals surface area (Å²) in [5.74, 6) is -0.451. The molecular weight excluding hydrogens is 588 g/mol. The number of carbonyl (C=O) groups excluding carboxylic acids is 1. The van der Waals surface area contributed by atoms with Crippen molar-refractivity contribution in [3.8, 4) is 0 Å². The summed E-state index contributed by atoms with van der Waals surface area (Å²) in [5, 5.41) is 16.1. The minimum Gasteiger partial charge on any atom is -0.724 e. The Balaban J connectivity index is 1.32. The van der Waals surface area contributed by atoms with Gasteiger partial charge >= 0.3 is 0 Å². The number of hydrogen-bond donors (Lipinski definition) is 4. The zero-order chi connectivity index (χ0) is 31.3. The van der Waals surface area contributed by atoms with E-state index in [-0.39, 0.29) is 43.1 Å². The zero-order valence-corrected chi connectivity index (χ0v) is 25.3. The van der Waals surface area contributed by atoms with Crippen LogP contribution in [0.1, 0.15) is 54.1 Å². The average Bonchev–Trinajstić information content (AvgIpc) is 3.75. The maximum absolute atomic E-state index is 15.3. The summed E-state index contributed by atoms with van der Waals surface area (Å²) in [6.07, 6.45) is 2.63. The smallest absolute Gasteiger partial charge is 0.276 e. The Morgan fingerprint density at radius 1 is 1.11 bits per heavy atom. The number of halogens is 2. The minimum absolute atomic E-state index is 0.0605. The van der Waals surface area contributed by atoms with Gasteiger partial charge in [0.2, 0.25) is 0 Å². The largest absolute Gasteiger partial charge is 0.724 e. The zero-order valence-electron chi connectivity index (χ0n) is 24.5. The van der Waals surface area contributed by atoms with Crippen molar-refractivity contribution in [1.82, 2.24) is 20.5 Å². The third kappa shape index (κ3) is 8.04. The molecular formula is C31H35F2N7O3S. The van der Waals surface area contributed by atoms with Gasteiger partial charge in [0.15, 0.2) is 24.0 Å². The first-order valence-corrected chi connectivity index (χ1v) is 15.4. The molecule has 0 saturated heterocycles. The second-order valence-corrected chi connectivity index (χ2v) is 12.6. The predicted molar refractivity (Wildman–Crippen MR) is 163 cm³/mol. The molecule has 1 aliphatic rings. The number of amides is 1. The lowest BCUT2D eigenvalue weighted by molar-refractivity contribution is -0.776. The maximum Gasteiger partial charge on any atom is 0.276 e. The van der Waals surface area contributed by atoms with Crippen LogP contribution in [0.3, 0.4) is 0 Å². The molecule has 2 aromatic heterocycles. The first kappa shape index (κ1) is 31.2. The molecule has 5 rings (SSSR count). The number of likely N-dealkylation sites (N-methyl/N-ethyl adjacent to an activating group) is 1. The standard InChI is InChI=1S/C31H35F2N7O3S/c1-20(22-10-12-25(32)13-11-22)35-30-24(16-26(33)31(37-30)36-28-17-27(38-39-28)23-8-9-23)18-34-29(41)19-40(2,44(42)43)15-14-21-6-4-3-5-7-21/h3-7,10-13,16-17,20,23H,8-9,14-15,18-19H2,1-2H3,(H4-,34,35,36,37,38,39,41,42,43)/t20?,40-/m0/s1. The van der Waals surface area contributed by atoms with E-state index < -0.39 is 26.9 Å². The van der Waals surface area contributed by atoms with Gasteiger partial charge in [-0.25, -0.2) is 21.9 Å². The molecule has 0 spiro atoms. The number of hydrogen-bond acceptors (Lipinski definition) is 7. The van der Waals surface area contributed by atoms with Crippen LogP contribution in [0, 0.1) is 11.6 Å². The van der Waals surface area contributed by atoms with Crippen LogP contribution >= 0.6 is 0 Å². The molecule has 1 amide bonds. The van der Waals surface area contributed by atoms with E-state index in [1.54, 1.807) is 12.1 Å². The van der Waals surface area contributed by atoms with Gasteiger partial charge in [0.05, 0.1) is 13.6 Å². The summed E-state index contributed by atoms with van der Waals surface area (Å²) < 4.78 is 52.6. The molecule has 2 aromatic carbocycles. The van der Waals surface area contributed by atoms with Gasteiger partial charge in [-0.3, -0.25) is 9.89 Å². The number of aromatic amines is 1. The molecule has 13 heteroatoms. The quantitative estimate of drug-likeness (QED) is 0.115. The second-order valence-electron chi connectivity index (χ2n) is 11.3. The summed E-state index contributed by atoms with van der Waals surface area (Å²) in [7, 11) is 1.48. The van der Waals surface area contributed by atoms with Gasteiger partial charge in [-0.15, -0.1) is 0 Å². The van der Waals surface area contributed by atoms with E-state index in [9.17, 15) is 17.9 Å². The lowest BCUT2D eigenvalue weighted by Crippen LogP contribution is -2.52. The highest BCUT2D eigenvalue weighted by atomic mass is 32.2. The van der Waals surface area contributed by atoms with Gasteiger partial charge in [-0.05, 0) is 49.1 Å². The number of pyridine rings is 1. The summed E-state index contributed by atoms with van der Waals surface area (Å²) in [6, 6.07) is 18.1. The molecule has 10 nitrogen and oxygen atoms in total. The molecule has 232 valence electrons. The van der Waals surface area contributed by atoms with Gasteiger partial charge < -0.3 is 20.5 Å². The molecule has 4 N–H and O–H groups in total. The molecule has 0 bridgehead atoms. The van der Waals surface area contributed by atoms with Crippen molar-refractivity contribution in [3.63, 3.8) is 0 Å². The Hall–Kier alpha value is -4.20. The van der Waals surface area contributed by atoms with Gasteiger partial charge in [-0.2, -0.15) is 5.10 Å². The van der Waals surface area contributed by atoms with Crippen LogP contribution < -0.4 is 16.0 Å². The van der Waals surface area contributed by atoms with Crippen LogP contribution in [0.2, 0.25) is 0 Å². The third-order valence-corrected chi connectivity index (χ3v) is 8.70. The molecule has 1 aliphatic carbocycles. The molecule has 4 aromatic rings.